The van der Waals surface area contributed by atoms with E-state index in [-0.39, 0.29) is 5.91 Å². The van der Waals surface area contributed by atoms with Crippen molar-refractivity contribution in [3.63, 3.8) is 0 Å². The van der Waals surface area contributed by atoms with Crippen molar-refractivity contribution in [1.29, 1.82) is 0 Å². The first kappa shape index (κ1) is 14.5. The summed E-state index contributed by atoms with van der Waals surface area (Å²) in [4.78, 5) is 21.0. The third kappa shape index (κ3) is 2.93. The van der Waals surface area contributed by atoms with E-state index in [1.54, 1.807) is 6.20 Å². The number of nitrogens with one attached hydrogen (secondary N) is 2. The number of benzene rings is 1. The topological polar surface area (TPSA) is 66.9 Å². The molecule has 1 aromatic carbocycles. The zero-order valence-electron chi connectivity index (χ0n) is 12.9. The molecule has 1 unspecified atom stereocenters. The highest BCUT2D eigenvalue weighted by Crippen LogP contribution is 2.32. The smallest absolute Gasteiger partial charge is 0.228 e. The Morgan fingerprint density at radius 1 is 1.36 bits per heavy atom. The van der Waals surface area contributed by atoms with E-state index in [4.69, 9.17) is 0 Å². The van der Waals surface area contributed by atoms with Crippen molar-refractivity contribution < 1.29 is 4.79 Å². The van der Waals surface area contributed by atoms with Crippen molar-refractivity contribution in [3.8, 4) is 11.3 Å². The van der Waals surface area contributed by atoms with Gasteiger partial charge in [0.1, 0.15) is 0 Å². The minimum atomic E-state index is -0.0325. The number of rotatable bonds is 4. The van der Waals surface area contributed by atoms with Crippen LogP contribution in [0.2, 0.25) is 0 Å². The first-order valence-electron chi connectivity index (χ1n) is 7.69. The van der Waals surface area contributed by atoms with E-state index >= 15 is 0 Å². The lowest BCUT2D eigenvalue weighted by Crippen LogP contribution is -2.17. The van der Waals surface area contributed by atoms with Gasteiger partial charge >= 0.3 is 0 Å². The Labute approximate surface area is 130 Å². The lowest BCUT2D eigenvalue weighted by Gasteiger charge is -2.14. The number of hydrogen-bond donors (Lipinski definition) is 2. The van der Waals surface area contributed by atoms with Crippen molar-refractivity contribution in [2.45, 2.75) is 39.2 Å². The molecule has 1 aliphatic rings. The van der Waals surface area contributed by atoms with E-state index in [0.29, 0.717) is 18.4 Å². The number of amides is 1. The Morgan fingerprint density at radius 3 is 3.00 bits per heavy atom. The predicted molar refractivity (Wildman–Crippen MR) is 87.8 cm³/mol. The van der Waals surface area contributed by atoms with Crippen LogP contribution in [0.5, 0.6) is 0 Å². The third-order valence-electron chi connectivity index (χ3n) is 3.77. The van der Waals surface area contributed by atoms with E-state index < -0.39 is 0 Å². The summed E-state index contributed by atoms with van der Waals surface area (Å²) in [6.45, 7) is 4.28. The van der Waals surface area contributed by atoms with Gasteiger partial charge < -0.3 is 10.6 Å². The van der Waals surface area contributed by atoms with Crippen LogP contribution >= 0.6 is 0 Å². The Hall–Kier alpha value is -2.43. The molecule has 1 amide bonds. The fraction of sp³-hybridized carbons (Fsp3) is 0.353. The van der Waals surface area contributed by atoms with Gasteiger partial charge in [0.05, 0.1) is 17.8 Å². The minimum absolute atomic E-state index is 0.0325. The molecule has 0 spiro atoms. The second-order valence-corrected chi connectivity index (χ2v) is 5.67. The SMILES string of the molecule is CCCC(C)Nc1ncc2c(n1)-c1ccccc1NC(=O)C2. The summed E-state index contributed by atoms with van der Waals surface area (Å²) < 4.78 is 0. The van der Waals surface area contributed by atoms with Crippen LogP contribution in [-0.4, -0.2) is 21.9 Å². The molecular formula is C17H20N4O. The number of anilines is 2. The molecule has 0 radical (unpaired) electrons. The Balaban J connectivity index is 2.01. The predicted octanol–water partition coefficient (Wildman–Crippen LogP) is 3.24. The maximum absolute atomic E-state index is 12.0. The Bertz CT molecular complexity index is 699. The molecule has 22 heavy (non-hydrogen) atoms. The monoisotopic (exact) mass is 296 g/mol. The summed E-state index contributed by atoms with van der Waals surface area (Å²) in [7, 11) is 0. The van der Waals surface area contributed by atoms with Crippen molar-refractivity contribution in [2.24, 2.45) is 0 Å². The molecular weight excluding hydrogens is 276 g/mol. The average Bonchev–Trinajstić information content (AvgIpc) is 2.63. The lowest BCUT2D eigenvalue weighted by atomic mass is 10.1. The number of carbonyl (C=O) groups is 1. The summed E-state index contributed by atoms with van der Waals surface area (Å²) in [6.07, 6.45) is 4.23. The van der Waals surface area contributed by atoms with Crippen LogP contribution in [0.25, 0.3) is 11.3 Å². The van der Waals surface area contributed by atoms with Gasteiger partial charge in [-0.3, -0.25) is 4.79 Å². The molecule has 0 saturated heterocycles. The maximum atomic E-state index is 12.0. The van der Waals surface area contributed by atoms with Crippen molar-refractivity contribution in [2.75, 3.05) is 10.6 Å². The van der Waals surface area contributed by atoms with E-state index in [0.717, 1.165) is 35.3 Å². The van der Waals surface area contributed by atoms with Gasteiger partial charge in [-0.25, -0.2) is 9.97 Å². The minimum Gasteiger partial charge on any atom is -0.352 e. The van der Waals surface area contributed by atoms with Gasteiger partial charge in [0.15, 0.2) is 0 Å². The van der Waals surface area contributed by atoms with Gasteiger partial charge in [0.2, 0.25) is 11.9 Å². The summed E-state index contributed by atoms with van der Waals surface area (Å²) in [5.41, 5.74) is 3.43. The molecule has 2 aromatic rings. The molecule has 0 saturated carbocycles. The van der Waals surface area contributed by atoms with E-state index in [2.05, 4.69) is 34.4 Å². The second kappa shape index (κ2) is 6.13. The molecule has 2 N–H and O–H groups in total. The average molecular weight is 296 g/mol. The first-order chi connectivity index (χ1) is 10.7. The molecule has 1 atom stereocenters. The highest BCUT2D eigenvalue weighted by atomic mass is 16.1. The molecule has 3 rings (SSSR count). The molecule has 0 aliphatic carbocycles. The summed E-state index contributed by atoms with van der Waals surface area (Å²) in [5.74, 6) is 0.582. The lowest BCUT2D eigenvalue weighted by molar-refractivity contribution is -0.115. The van der Waals surface area contributed by atoms with Crippen molar-refractivity contribution in [1.82, 2.24) is 9.97 Å². The molecule has 1 aromatic heterocycles. The molecule has 5 heteroatoms. The normalized spacial score (nSPS) is 14.4. The number of hydrogen-bond acceptors (Lipinski definition) is 4. The Kier molecular flexibility index (Phi) is 4.04. The number of para-hydroxylation sites is 1. The zero-order chi connectivity index (χ0) is 15.5. The Morgan fingerprint density at radius 2 is 2.18 bits per heavy atom. The van der Waals surface area contributed by atoms with Crippen LogP contribution in [0, 0.1) is 0 Å². The van der Waals surface area contributed by atoms with Gasteiger partial charge in [-0.15, -0.1) is 0 Å². The largest absolute Gasteiger partial charge is 0.352 e. The summed E-state index contributed by atoms with van der Waals surface area (Å²) in [6, 6.07) is 8.07. The van der Waals surface area contributed by atoms with Crippen LogP contribution < -0.4 is 10.6 Å². The fourth-order valence-electron chi connectivity index (χ4n) is 2.73. The van der Waals surface area contributed by atoms with Crippen molar-refractivity contribution >= 4 is 17.5 Å². The highest BCUT2D eigenvalue weighted by Gasteiger charge is 2.20. The van der Waals surface area contributed by atoms with E-state index in [9.17, 15) is 4.79 Å². The van der Waals surface area contributed by atoms with Crippen molar-refractivity contribution in [3.05, 3.63) is 36.0 Å². The zero-order valence-corrected chi connectivity index (χ0v) is 12.9. The van der Waals surface area contributed by atoms with Gasteiger partial charge in [-0.05, 0) is 19.4 Å². The van der Waals surface area contributed by atoms with Crippen LogP contribution in [0.4, 0.5) is 11.6 Å². The molecule has 0 fully saturated rings. The third-order valence-corrected chi connectivity index (χ3v) is 3.77. The number of nitrogens with zero attached hydrogens (tertiary/aromatic N) is 2. The van der Waals surface area contributed by atoms with Gasteiger partial charge in [0.25, 0.3) is 0 Å². The number of fused-ring (bicyclic) bond motifs is 3. The van der Waals surface area contributed by atoms with Crippen LogP contribution in [-0.2, 0) is 11.2 Å². The van der Waals surface area contributed by atoms with Gasteiger partial charge in [-0.1, -0.05) is 31.5 Å². The standard InChI is InChI=1S/C17H20N4O/c1-3-6-11(2)19-17-18-10-12-9-15(22)20-14-8-5-4-7-13(14)16(12)21-17/h4-5,7-8,10-11H,3,6,9H2,1-2H3,(H,20,22)(H,18,19,21). The molecule has 1 aliphatic heterocycles. The molecule has 114 valence electrons. The van der Waals surface area contributed by atoms with Crippen LogP contribution in [0.3, 0.4) is 0 Å². The molecule has 2 heterocycles. The quantitative estimate of drug-likeness (QED) is 0.909. The van der Waals surface area contributed by atoms with Crippen LogP contribution in [0.15, 0.2) is 30.5 Å². The van der Waals surface area contributed by atoms with Gasteiger partial charge in [0, 0.05) is 23.4 Å². The summed E-state index contributed by atoms with van der Waals surface area (Å²) in [5, 5.41) is 6.25. The number of carbonyl (C=O) groups excluding carboxylic acids is 1. The highest BCUT2D eigenvalue weighted by molar-refractivity contribution is 5.99. The first-order valence-corrected chi connectivity index (χ1v) is 7.69. The maximum Gasteiger partial charge on any atom is 0.228 e. The van der Waals surface area contributed by atoms with Crippen LogP contribution in [0.1, 0.15) is 32.3 Å². The van der Waals surface area contributed by atoms with E-state index in [1.807, 2.05) is 24.3 Å². The molecule has 0 bridgehead atoms. The number of aromatic nitrogens is 2. The fourth-order valence-corrected chi connectivity index (χ4v) is 2.73. The summed E-state index contributed by atoms with van der Waals surface area (Å²) >= 11 is 0. The van der Waals surface area contributed by atoms with Gasteiger partial charge in [-0.2, -0.15) is 0 Å². The van der Waals surface area contributed by atoms with E-state index in [1.165, 1.54) is 0 Å². The second-order valence-electron chi connectivity index (χ2n) is 5.67. The molecule has 5 nitrogen and oxygen atoms in total.